The molecule has 12 aromatic carbocycles. The van der Waals surface area contributed by atoms with Crippen molar-refractivity contribution in [3.05, 3.63) is 291 Å². The predicted octanol–water partition coefficient (Wildman–Crippen LogP) is 15.2. The summed E-state index contributed by atoms with van der Waals surface area (Å²) in [5.74, 6) is -4.43. The van der Waals surface area contributed by atoms with Crippen molar-refractivity contribution >= 4 is 164 Å². The lowest BCUT2D eigenvalue weighted by atomic mass is 10.3. The highest BCUT2D eigenvalue weighted by atomic mass is 32.2. The summed E-state index contributed by atoms with van der Waals surface area (Å²) in [5.41, 5.74) is 0.267. The topological polar surface area (TPSA) is 266 Å². The second kappa shape index (κ2) is 31.6. The van der Waals surface area contributed by atoms with E-state index >= 15 is 18.3 Å². The molecule has 4 amide bonds. The van der Waals surface area contributed by atoms with Gasteiger partial charge in [0.2, 0.25) is 23.6 Å². The van der Waals surface area contributed by atoms with E-state index in [-0.39, 0.29) is 61.9 Å². The molecular weight excluding hydrogens is 1460 g/mol. The van der Waals surface area contributed by atoms with E-state index in [1.807, 2.05) is 0 Å². The lowest BCUT2D eigenvalue weighted by molar-refractivity contribution is -0.114. The quantitative estimate of drug-likeness (QED) is 0.0260. The largest absolute Gasteiger partial charge is 0.506 e. The zero-order valence-electron chi connectivity index (χ0n) is 55.0. The van der Waals surface area contributed by atoms with Gasteiger partial charge in [-0.1, -0.05) is 290 Å². The molecule has 0 unspecified atom stereocenters. The summed E-state index contributed by atoms with van der Waals surface area (Å²) in [6.07, 6.45) is -1.99. The molecule has 0 spiro atoms. The molecule has 8 N–H and O–H groups in total. The molecule has 24 heteroatoms. The average molecular weight is 1530 g/mol. The number of amides is 4. The van der Waals surface area contributed by atoms with E-state index in [0.717, 1.165) is 47.0 Å². The summed E-state index contributed by atoms with van der Waals surface area (Å²) in [6.45, 7) is 0. The number of hydrogen-bond acceptors (Lipinski definition) is 16. The van der Waals surface area contributed by atoms with E-state index in [1.54, 1.807) is 243 Å². The molecule has 1 aliphatic heterocycles. The summed E-state index contributed by atoms with van der Waals surface area (Å²) >= 11 is 3.20. The molecule has 0 aliphatic carbocycles. The summed E-state index contributed by atoms with van der Waals surface area (Å²) in [4.78, 5) is 58.8. The van der Waals surface area contributed by atoms with Crippen LogP contribution in [-0.4, -0.2) is 68.7 Å². The van der Waals surface area contributed by atoms with Crippen molar-refractivity contribution in [3.8, 4) is 23.0 Å². The van der Waals surface area contributed by atoms with Gasteiger partial charge in [-0.3, -0.25) is 19.2 Å². The molecule has 104 heavy (non-hydrogen) atoms. The van der Waals surface area contributed by atoms with Crippen molar-refractivity contribution in [2.75, 3.05) is 45.9 Å². The lowest BCUT2D eigenvalue weighted by Crippen LogP contribution is -2.26. The molecule has 0 atom stereocenters. The fourth-order valence-electron chi connectivity index (χ4n) is 12.0. The number of phenols is 4. The zero-order valence-corrected chi connectivity index (χ0v) is 61.9. The lowest BCUT2D eigenvalue weighted by Gasteiger charge is -2.21. The minimum absolute atomic E-state index is 0.00617. The maximum Gasteiger partial charge on any atom is 0.232 e. The first-order valence-electron chi connectivity index (χ1n) is 32.4. The van der Waals surface area contributed by atoms with Crippen molar-refractivity contribution in [2.24, 2.45) is 0 Å². The normalized spacial score (nSPS) is 12.3. The van der Waals surface area contributed by atoms with E-state index in [2.05, 4.69) is 21.3 Å². The van der Waals surface area contributed by atoms with Gasteiger partial charge in [-0.15, -0.1) is 0 Å². The Morgan fingerprint density at radius 2 is 0.356 bits per heavy atom. The molecule has 1 heterocycles. The Morgan fingerprint density at radius 3 is 0.481 bits per heavy atom. The molecule has 8 bridgehead atoms. The molecule has 16 nitrogen and oxygen atoms in total. The van der Waals surface area contributed by atoms with Gasteiger partial charge in [0.25, 0.3) is 0 Å². The van der Waals surface area contributed by atoms with E-state index in [0.29, 0.717) is 42.4 Å². The van der Waals surface area contributed by atoms with Crippen LogP contribution in [0.15, 0.2) is 330 Å². The molecular formula is C80H64N4O12P4S4. The van der Waals surface area contributed by atoms with Crippen LogP contribution in [-0.2, 0) is 37.4 Å². The molecule has 0 saturated carbocycles. The number of anilines is 4. The van der Waals surface area contributed by atoms with Gasteiger partial charge in [0.1, 0.15) is 23.0 Å². The van der Waals surface area contributed by atoms with Gasteiger partial charge in [0.15, 0.2) is 28.6 Å². The number of fused-ring (bicyclic) bond motifs is 8. The van der Waals surface area contributed by atoms with Crippen molar-refractivity contribution in [3.63, 3.8) is 0 Å². The first-order chi connectivity index (χ1) is 50.2. The molecule has 0 fully saturated rings. The Hall–Kier alpha value is -9.96. The molecule has 0 aromatic heterocycles. The van der Waals surface area contributed by atoms with Gasteiger partial charge < -0.3 is 60.0 Å². The highest BCUT2D eigenvalue weighted by Crippen LogP contribution is 2.56. The van der Waals surface area contributed by atoms with Crippen LogP contribution in [0.2, 0.25) is 0 Å². The summed E-state index contributed by atoms with van der Waals surface area (Å²) in [6, 6.07) is 80.5. The van der Waals surface area contributed by atoms with Crippen LogP contribution < -0.4 is 63.7 Å². The SMILES string of the molecule is O=C(CP(=O)(c1ccccc1)c1ccccc1)Nc1cc2c(O)c(c1)Sc1cc(NC(=O)CP(=O)(c3ccccc3)c3ccccc3)cc(c1O)Sc1cc(NC(=O)CP(=O)(c3ccccc3)c3ccccc3)cc(c1O)Sc1cc(NC(=O)CP(=O)(c3ccccc3)c3ccccc3)cc(c1O)S2. The van der Waals surface area contributed by atoms with Gasteiger partial charge in [-0.05, 0) is 48.5 Å². The Morgan fingerprint density at radius 1 is 0.231 bits per heavy atom. The summed E-state index contributed by atoms with van der Waals surface area (Å²) in [5, 5.41) is 66.1. The molecule has 0 saturated heterocycles. The Kier molecular flexibility index (Phi) is 22.0. The van der Waals surface area contributed by atoms with Crippen LogP contribution in [0.5, 0.6) is 23.0 Å². The number of aromatic hydroxyl groups is 4. The second-order valence-corrected chi connectivity index (χ2v) is 39.8. The van der Waals surface area contributed by atoms with Gasteiger partial charge in [-0.25, -0.2) is 0 Å². The second-order valence-electron chi connectivity index (χ2n) is 24.2. The van der Waals surface area contributed by atoms with Gasteiger partial charge in [-0.2, -0.15) is 0 Å². The van der Waals surface area contributed by atoms with Crippen LogP contribution in [0.4, 0.5) is 22.7 Å². The van der Waals surface area contributed by atoms with Crippen LogP contribution in [0.3, 0.4) is 0 Å². The molecule has 13 rings (SSSR count). The Bertz CT molecular complexity index is 4490. The molecule has 0 radical (unpaired) electrons. The molecule has 520 valence electrons. The van der Waals surface area contributed by atoms with Gasteiger partial charge >= 0.3 is 0 Å². The third kappa shape index (κ3) is 16.0. The Labute approximate surface area is 617 Å². The first kappa shape index (κ1) is 72.4. The standard InChI is InChI=1S/C80H64N4O12P4S4/c85-73(49-97(93,57-25-9-1-10-26-57)58-27-11-2-12-28-58)81-53-41-65-77(89)66(42-53)102-68-44-55(83-75(87)51-99(95,61-33-17-5-18-34-61)62-35-19-6-20-36-62)46-70(79(68)91)104-72-48-56(84-76(88)52-100(96,63-37-21-7-22-38-63)64-39-23-8-24-40-64)47-71(80(72)92)103-69-45-54(43-67(101-65)78(69)90)82-74(86)50-98(94,59-29-13-3-14-30-59)60-31-15-4-16-32-60/h1-48,89-92H,49-52H2,(H,81,85)(H,82,86)(H,83,87)(H,84,88). The van der Waals surface area contributed by atoms with Crippen LogP contribution in [0.1, 0.15) is 0 Å². The van der Waals surface area contributed by atoms with Crippen LogP contribution in [0.25, 0.3) is 0 Å². The maximum absolute atomic E-state index is 15.4. The maximum atomic E-state index is 15.4. The van der Waals surface area contributed by atoms with E-state index in [4.69, 9.17) is 0 Å². The molecule has 1 aliphatic rings. The smallest absolute Gasteiger partial charge is 0.232 e. The van der Waals surface area contributed by atoms with Gasteiger partial charge in [0.05, 0.1) is 63.8 Å². The van der Waals surface area contributed by atoms with Crippen LogP contribution >= 0.6 is 75.6 Å². The van der Waals surface area contributed by atoms with Crippen molar-refractivity contribution < 1.29 is 57.9 Å². The summed E-state index contributed by atoms with van der Waals surface area (Å²) < 4.78 is 61.4. The van der Waals surface area contributed by atoms with E-state index < -0.39 is 99.8 Å². The highest BCUT2D eigenvalue weighted by molar-refractivity contribution is 8.01. The number of benzene rings is 12. The third-order valence-electron chi connectivity index (χ3n) is 17.0. The molecule has 12 aromatic rings. The third-order valence-corrected chi connectivity index (χ3v) is 33.3. The first-order valence-corrected chi connectivity index (χ1v) is 43.3. The number of carbonyl (C=O) groups excluding carboxylic acids is 4. The number of hydrogen-bond donors (Lipinski definition) is 8. The van der Waals surface area contributed by atoms with Crippen LogP contribution in [0, 0.1) is 0 Å². The van der Waals surface area contributed by atoms with Gasteiger partial charge in [0, 0.05) is 65.2 Å². The fraction of sp³-hybridized carbons (Fsp3) is 0.0500. The number of carbonyl (C=O) groups is 4. The average Bonchev–Trinajstić information content (AvgIpc) is 0.827. The number of rotatable bonds is 20. The predicted molar refractivity (Wildman–Crippen MR) is 422 cm³/mol. The highest BCUT2D eigenvalue weighted by Gasteiger charge is 2.36. The minimum Gasteiger partial charge on any atom is -0.506 e. The van der Waals surface area contributed by atoms with E-state index in [1.165, 1.54) is 48.5 Å². The number of nitrogens with one attached hydrogen (secondary N) is 4. The fourth-order valence-corrected chi connectivity index (χ4v) is 26.2. The van der Waals surface area contributed by atoms with Crippen molar-refractivity contribution in [1.82, 2.24) is 0 Å². The minimum atomic E-state index is -3.69. The van der Waals surface area contributed by atoms with Crippen molar-refractivity contribution in [1.29, 1.82) is 0 Å². The Balaban J connectivity index is 0.952. The summed E-state index contributed by atoms with van der Waals surface area (Å²) in [7, 11) is -14.7. The number of phenolic OH excluding ortho intramolecular Hbond substituents is 4. The van der Waals surface area contributed by atoms with Crippen molar-refractivity contribution in [2.45, 2.75) is 39.2 Å². The monoisotopic (exact) mass is 1520 g/mol. The zero-order chi connectivity index (χ0) is 72.6. The van der Waals surface area contributed by atoms with E-state index in [9.17, 15) is 39.6 Å².